The zero-order valence-corrected chi connectivity index (χ0v) is 9.74. The van der Waals surface area contributed by atoms with Crippen LogP contribution >= 0.6 is 15.9 Å². The lowest BCUT2D eigenvalue weighted by molar-refractivity contribution is 0.588. The van der Waals surface area contributed by atoms with Crippen LogP contribution in [0.15, 0.2) is 27.6 Å². The smallest absolute Gasteiger partial charge is 0.214 e. The maximum absolute atomic E-state index is 11.4. The third kappa shape index (κ3) is 2.30. The van der Waals surface area contributed by atoms with E-state index in [1.807, 2.05) is 6.92 Å². The van der Waals surface area contributed by atoms with Gasteiger partial charge in [0.25, 0.3) is 0 Å². The number of aryl methyl sites for hydroxylation is 1. The highest BCUT2D eigenvalue weighted by atomic mass is 79.9. The van der Waals surface area contributed by atoms with Crippen LogP contribution < -0.4 is 4.72 Å². The van der Waals surface area contributed by atoms with E-state index in [-0.39, 0.29) is 4.90 Å². The Hall–Kier alpha value is -0.390. The van der Waals surface area contributed by atoms with Crippen molar-refractivity contribution < 1.29 is 8.42 Å². The number of sulfonamides is 1. The predicted octanol–water partition coefficient (Wildman–Crippen LogP) is 1.67. The molecule has 13 heavy (non-hydrogen) atoms. The molecule has 0 aliphatic carbocycles. The highest BCUT2D eigenvalue weighted by Gasteiger charge is 2.14. The molecule has 0 fully saturated rings. The van der Waals surface area contributed by atoms with Gasteiger partial charge in [-0.05, 0) is 47.6 Å². The normalized spacial score (nSPS) is 11.6. The van der Waals surface area contributed by atoms with E-state index in [4.69, 9.17) is 0 Å². The van der Waals surface area contributed by atoms with Crippen LogP contribution in [0.4, 0.5) is 0 Å². The number of nitrogens with one attached hydrogen (secondary N) is 1. The van der Waals surface area contributed by atoms with Crippen LogP contribution in [-0.2, 0) is 10.0 Å². The summed E-state index contributed by atoms with van der Waals surface area (Å²) >= 11 is 3.20. The average molecular weight is 264 g/mol. The van der Waals surface area contributed by atoms with Gasteiger partial charge in [-0.1, -0.05) is 6.07 Å². The lowest BCUT2D eigenvalue weighted by Gasteiger charge is -2.05. The molecule has 0 atom stereocenters. The van der Waals surface area contributed by atoms with Gasteiger partial charge in [0.15, 0.2) is 0 Å². The maximum Gasteiger partial charge on any atom is 0.241 e. The standard InChI is InChI=1S/C8H10BrNO2S/c1-6-3-4-8(7(9)5-6)13(11,12)10-2/h3-5,10H,1-2H3. The molecule has 72 valence electrons. The van der Waals surface area contributed by atoms with Gasteiger partial charge < -0.3 is 0 Å². The minimum absolute atomic E-state index is 0.264. The minimum atomic E-state index is -3.34. The molecule has 0 radical (unpaired) electrons. The molecule has 0 heterocycles. The van der Waals surface area contributed by atoms with Gasteiger partial charge in [-0.25, -0.2) is 13.1 Å². The molecule has 1 aromatic carbocycles. The molecule has 5 heteroatoms. The molecule has 0 unspecified atom stereocenters. The molecule has 0 aromatic heterocycles. The molecule has 0 amide bonds. The third-order valence-corrected chi connectivity index (χ3v) is 4.04. The van der Waals surface area contributed by atoms with E-state index in [0.717, 1.165) is 5.56 Å². The van der Waals surface area contributed by atoms with Crippen LogP contribution in [0, 0.1) is 6.92 Å². The lowest BCUT2D eigenvalue weighted by Crippen LogP contribution is -2.18. The van der Waals surface area contributed by atoms with Gasteiger partial charge in [-0.3, -0.25) is 0 Å². The molecule has 1 aromatic rings. The van der Waals surface area contributed by atoms with Gasteiger partial charge >= 0.3 is 0 Å². The van der Waals surface area contributed by atoms with E-state index in [9.17, 15) is 8.42 Å². The Labute approximate surface area is 86.3 Å². The molecule has 0 saturated carbocycles. The van der Waals surface area contributed by atoms with Crippen LogP contribution in [0.5, 0.6) is 0 Å². The zero-order chi connectivity index (χ0) is 10.1. The molecule has 3 nitrogen and oxygen atoms in total. The maximum atomic E-state index is 11.4. The van der Waals surface area contributed by atoms with E-state index in [2.05, 4.69) is 20.7 Å². The monoisotopic (exact) mass is 263 g/mol. The number of benzene rings is 1. The van der Waals surface area contributed by atoms with E-state index in [0.29, 0.717) is 4.47 Å². The molecular formula is C8H10BrNO2S. The van der Waals surface area contributed by atoms with Crippen LogP contribution in [0.1, 0.15) is 5.56 Å². The quantitative estimate of drug-likeness (QED) is 0.883. The fraction of sp³-hybridized carbons (Fsp3) is 0.250. The fourth-order valence-corrected chi connectivity index (χ4v) is 2.85. The van der Waals surface area contributed by atoms with Gasteiger partial charge in [-0.15, -0.1) is 0 Å². The first-order valence-corrected chi connectivity index (χ1v) is 5.94. The molecular weight excluding hydrogens is 254 g/mol. The Balaban J connectivity index is 3.33. The van der Waals surface area contributed by atoms with E-state index in [1.54, 1.807) is 18.2 Å². The molecule has 0 aliphatic heterocycles. The second-order valence-electron chi connectivity index (χ2n) is 2.64. The summed E-state index contributed by atoms with van der Waals surface area (Å²) in [6, 6.07) is 5.10. The van der Waals surface area contributed by atoms with Crippen molar-refractivity contribution in [1.29, 1.82) is 0 Å². The van der Waals surface area contributed by atoms with E-state index in [1.165, 1.54) is 7.05 Å². The first-order valence-electron chi connectivity index (χ1n) is 3.67. The van der Waals surface area contributed by atoms with Crippen molar-refractivity contribution in [2.24, 2.45) is 0 Å². The molecule has 0 bridgehead atoms. The number of hydrogen-bond acceptors (Lipinski definition) is 2. The molecule has 1 rings (SSSR count). The second-order valence-corrected chi connectivity index (χ2v) is 5.35. The molecule has 1 N–H and O–H groups in total. The van der Waals surface area contributed by atoms with Gasteiger partial charge in [0.2, 0.25) is 10.0 Å². The first kappa shape index (κ1) is 10.7. The highest BCUT2D eigenvalue weighted by Crippen LogP contribution is 2.22. The lowest BCUT2D eigenvalue weighted by atomic mass is 10.2. The van der Waals surface area contributed by atoms with Crippen LogP contribution in [-0.4, -0.2) is 15.5 Å². The van der Waals surface area contributed by atoms with E-state index < -0.39 is 10.0 Å². The predicted molar refractivity (Wildman–Crippen MR) is 55.1 cm³/mol. The Kier molecular flexibility index (Phi) is 3.10. The van der Waals surface area contributed by atoms with Crippen molar-refractivity contribution in [3.8, 4) is 0 Å². The fourth-order valence-electron chi connectivity index (χ4n) is 0.934. The highest BCUT2D eigenvalue weighted by molar-refractivity contribution is 9.10. The summed E-state index contributed by atoms with van der Waals surface area (Å²) in [7, 11) is -1.95. The van der Waals surface area contributed by atoms with Crippen molar-refractivity contribution in [3.63, 3.8) is 0 Å². The summed E-state index contributed by atoms with van der Waals surface area (Å²) in [5.74, 6) is 0. The molecule has 0 aliphatic rings. The van der Waals surface area contributed by atoms with Crippen LogP contribution in [0.3, 0.4) is 0 Å². The van der Waals surface area contributed by atoms with E-state index >= 15 is 0 Å². The van der Waals surface area contributed by atoms with Crippen molar-refractivity contribution in [2.75, 3.05) is 7.05 Å². The molecule has 0 saturated heterocycles. The van der Waals surface area contributed by atoms with Crippen molar-refractivity contribution in [3.05, 3.63) is 28.2 Å². The Morgan fingerprint density at radius 2 is 2.00 bits per heavy atom. The van der Waals surface area contributed by atoms with Crippen molar-refractivity contribution >= 4 is 26.0 Å². The van der Waals surface area contributed by atoms with Gasteiger partial charge in [0.1, 0.15) is 0 Å². The Morgan fingerprint density at radius 1 is 1.38 bits per heavy atom. The summed E-state index contributed by atoms with van der Waals surface area (Å²) in [6.07, 6.45) is 0. The summed E-state index contributed by atoms with van der Waals surface area (Å²) in [5.41, 5.74) is 1.02. The summed E-state index contributed by atoms with van der Waals surface area (Å²) in [5, 5.41) is 0. The topological polar surface area (TPSA) is 46.2 Å². The molecule has 0 spiro atoms. The Bertz CT molecular complexity index is 414. The van der Waals surface area contributed by atoms with Crippen molar-refractivity contribution in [2.45, 2.75) is 11.8 Å². The minimum Gasteiger partial charge on any atom is -0.214 e. The van der Waals surface area contributed by atoms with Crippen LogP contribution in [0.2, 0.25) is 0 Å². The summed E-state index contributed by atoms with van der Waals surface area (Å²) in [4.78, 5) is 0.264. The zero-order valence-electron chi connectivity index (χ0n) is 7.33. The number of rotatable bonds is 2. The average Bonchev–Trinajstić information content (AvgIpc) is 2.03. The summed E-state index contributed by atoms with van der Waals surface area (Å²) in [6.45, 7) is 1.90. The third-order valence-electron chi connectivity index (χ3n) is 1.65. The van der Waals surface area contributed by atoms with Crippen LogP contribution in [0.25, 0.3) is 0 Å². The first-order chi connectivity index (χ1) is 5.97. The number of halogens is 1. The van der Waals surface area contributed by atoms with Gasteiger partial charge in [-0.2, -0.15) is 0 Å². The van der Waals surface area contributed by atoms with Gasteiger partial charge in [0, 0.05) is 4.47 Å². The second kappa shape index (κ2) is 3.77. The Morgan fingerprint density at radius 3 is 2.46 bits per heavy atom. The van der Waals surface area contributed by atoms with Crippen molar-refractivity contribution in [1.82, 2.24) is 4.72 Å². The largest absolute Gasteiger partial charge is 0.241 e. The summed E-state index contributed by atoms with van der Waals surface area (Å²) < 4.78 is 25.6. The van der Waals surface area contributed by atoms with Gasteiger partial charge in [0.05, 0.1) is 4.90 Å². The number of hydrogen-bond donors (Lipinski definition) is 1. The SMILES string of the molecule is CNS(=O)(=O)c1ccc(C)cc1Br.